The lowest BCUT2D eigenvalue weighted by atomic mass is 9.94. The molecule has 40 heavy (non-hydrogen) atoms. The van der Waals surface area contributed by atoms with Gasteiger partial charge in [-0.2, -0.15) is 0 Å². The van der Waals surface area contributed by atoms with Gasteiger partial charge in [0.2, 0.25) is 5.91 Å². The van der Waals surface area contributed by atoms with Gasteiger partial charge in [-0.25, -0.2) is 9.18 Å². The summed E-state index contributed by atoms with van der Waals surface area (Å²) >= 11 is 0. The molecule has 3 amide bonds. The molecule has 4 atom stereocenters. The first kappa shape index (κ1) is 26.2. The molecule has 6 rings (SSSR count). The van der Waals surface area contributed by atoms with Crippen molar-refractivity contribution in [3.05, 3.63) is 82.2 Å². The molecule has 0 saturated carbocycles. The smallest absolute Gasteiger partial charge is 0.325 e. The fraction of sp³-hybridized carbons (Fsp3) is 0.400. The van der Waals surface area contributed by atoms with Gasteiger partial charge in [-0.1, -0.05) is 30.3 Å². The molecule has 0 aromatic heterocycles. The van der Waals surface area contributed by atoms with Gasteiger partial charge in [-0.05, 0) is 79.1 Å². The zero-order valence-corrected chi connectivity index (χ0v) is 22.1. The number of halogens is 1. The second-order valence-corrected chi connectivity index (χ2v) is 11.2. The van der Waals surface area contributed by atoms with E-state index in [0.29, 0.717) is 32.2 Å². The molecule has 0 radical (unpaired) electrons. The Kier molecular flexibility index (Phi) is 6.87. The molecule has 3 aliphatic heterocycles. The Morgan fingerprint density at radius 1 is 1.00 bits per heavy atom. The number of piperidine rings is 1. The summed E-state index contributed by atoms with van der Waals surface area (Å²) in [6, 6.07) is 16.3. The zero-order chi connectivity index (χ0) is 28.0. The molecule has 2 bridgehead atoms. The van der Waals surface area contributed by atoms with Crippen molar-refractivity contribution in [2.45, 2.75) is 69.2 Å². The zero-order valence-electron chi connectivity index (χ0n) is 22.1. The monoisotopic (exact) mass is 545 g/mol. The van der Waals surface area contributed by atoms with E-state index < -0.39 is 22.9 Å². The predicted molar refractivity (Wildman–Crippen MR) is 149 cm³/mol. The van der Waals surface area contributed by atoms with E-state index in [2.05, 4.69) is 11.0 Å². The molecule has 3 fully saturated rings. The molecule has 3 saturated heterocycles. The van der Waals surface area contributed by atoms with Crippen LogP contribution in [0.15, 0.2) is 60.7 Å². The maximum Gasteiger partial charge on any atom is 0.325 e. The van der Waals surface area contributed by atoms with Gasteiger partial charge in [-0.3, -0.25) is 24.7 Å². The lowest BCUT2D eigenvalue weighted by Gasteiger charge is -2.44. The first-order valence-electron chi connectivity index (χ1n) is 13.9. The second kappa shape index (κ2) is 10.5. The summed E-state index contributed by atoms with van der Waals surface area (Å²) in [5, 5.41) is 13.8. The number of likely N-dealkylation sites (tertiary alicyclic amines) is 1. The molecule has 9 nitrogen and oxygen atoms in total. The van der Waals surface area contributed by atoms with Gasteiger partial charge in [0.05, 0.1) is 4.92 Å². The predicted octanol–water partition coefficient (Wildman–Crippen LogP) is 4.96. The first-order chi connectivity index (χ1) is 19.3. The minimum absolute atomic E-state index is 0.131. The average Bonchev–Trinajstić information content (AvgIpc) is 3.51. The first-order valence-corrected chi connectivity index (χ1v) is 13.9. The van der Waals surface area contributed by atoms with E-state index in [4.69, 9.17) is 5.73 Å². The maximum absolute atomic E-state index is 14.1. The fourth-order valence-electron chi connectivity index (χ4n) is 7.00. The minimum atomic E-state index is -0.712. The number of hydrogen-bond donors (Lipinski definition) is 1. The van der Waals surface area contributed by atoms with Gasteiger partial charge in [0.1, 0.15) is 17.5 Å². The maximum atomic E-state index is 14.1. The van der Waals surface area contributed by atoms with E-state index in [1.807, 2.05) is 12.1 Å². The molecule has 3 aliphatic rings. The van der Waals surface area contributed by atoms with Gasteiger partial charge >= 0.3 is 6.03 Å². The number of rotatable bonds is 6. The molecule has 3 aromatic carbocycles. The number of nitrogens with zero attached hydrogens (tertiary/aromatic N) is 4. The number of amides is 3. The van der Waals surface area contributed by atoms with Crippen LogP contribution in [0, 0.1) is 15.9 Å². The van der Waals surface area contributed by atoms with Crippen LogP contribution in [0.2, 0.25) is 0 Å². The summed E-state index contributed by atoms with van der Waals surface area (Å²) < 4.78 is 13.6. The summed E-state index contributed by atoms with van der Waals surface area (Å²) in [7, 11) is 0. The third kappa shape index (κ3) is 4.77. The number of fused-ring (bicyclic) bond motifs is 3. The number of nitro groups is 1. The number of nitro benzene ring substituents is 1. The molecular weight excluding hydrogens is 513 g/mol. The van der Waals surface area contributed by atoms with E-state index in [1.54, 1.807) is 29.2 Å². The van der Waals surface area contributed by atoms with E-state index in [1.165, 1.54) is 23.1 Å². The lowest BCUT2D eigenvalue weighted by molar-refractivity contribution is -0.384. The number of urea groups is 1. The van der Waals surface area contributed by atoms with Crippen LogP contribution < -0.4 is 10.6 Å². The summed E-state index contributed by atoms with van der Waals surface area (Å²) in [6.07, 6.45) is 4.45. The van der Waals surface area contributed by atoms with Crippen molar-refractivity contribution in [1.82, 2.24) is 9.80 Å². The van der Waals surface area contributed by atoms with Crippen LogP contribution in [-0.4, -0.2) is 57.4 Å². The van der Waals surface area contributed by atoms with Gasteiger partial charge in [0.15, 0.2) is 0 Å². The Bertz CT molecular complexity index is 1470. The molecule has 0 aliphatic carbocycles. The molecule has 2 N–H and O–H groups in total. The normalized spacial score (nSPS) is 24.4. The number of para-hydroxylation sites is 2. The van der Waals surface area contributed by atoms with Crippen LogP contribution in [0.1, 0.15) is 44.1 Å². The summed E-state index contributed by atoms with van der Waals surface area (Å²) in [5.41, 5.74) is 6.89. The van der Waals surface area contributed by atoms with Crippen molar-refractivity contribution in [3.63, 3.8) is 0 Å². The SMILES string of the molecule is NC(=O)[C@@H]1CCCN1C(=O)N(c1ccccc1[N+](=O)[O-])C1C[C@H]2CC[C@@H](C1)N2Cc1ccc2cc(F)ccc2c1. The van der Waals surface area contributed by atoms with Crippen LogP contribution in [0.3, 0.4) is 0 Å². The highest BCUT2D eigenvalue weighted by molar-refractivity contribution is 5.98. The highest BCUT2D eigenvalue weighted by Gasteiger charge is 2.46. The second-order valence-electron chi connectivity index (χ2n) is 11.2. The van der Waals surface area contributed by atoms with Crippen LogP contribution in [-0.2, 0) is 11.3 Å². The van der Waals surface area contributed by atoms with Crippen LogP contribution in [0.25, 0.3) is 10.8 Å². The summed E-state index contributed by atoms with van der Waals surface area (Å²) in [4.78, 5) is 43.3. The Labute approximate surface area is 231 Å². The van der Waals surface area contributed by atoms with Crippen LogP contribution in [0.4, 0.5) is 20.6 Å². The molecular formula is C30H32FN5O4. The van der Waals surface area contributed by atoms with Gasteiger partial charge in [0, 0.05) is 37.3 Å². The molecule has 10 heteroatoms. The number of carbonyl (C=O) groups is 2. The van der Waals surface area contributed by atoms with Gasteiger partial charge in [-0.15, -0.1) is 0 Å². The molecule has 0 spiro atoms. The number of benzene rings is 3. The molecule has 208 valence electrons. The van der Waals surface area contributed by atoms with E-state index in [9.17, 15) is 24.1 Å². The Hall–Kier alpha value is -4.05. The van der Waals surface area contributed by atoms with Crippen molar-refractivity contribution in [2.24, 2.45) is 5.73 Å². The minimum Gasteiger partial charge on any atom is -0.368 e. The number of hydrogen-bond acceptors (Lipinski definition) is 5. The van der Waals surface area contributed by atoms with E-state index in [-0.39, 0.29) is 35.3 Å². The molecule has 3 aromatic rings. The highest BCUT2D eigenvalue weighted by Crippen LogP contribution is 2.42. The molecule has 3 heterocycles. The van der Waals surface area contributed by atoms with Crippen LogP contribution >= 0.6 is 0 Å². The number of anilines is 1. The van der Waals surface area contributed by atoms with Crippen molar-refractivity contribution >= 4 is 34.1 Å². The quantitative estimate of drug-likeness (QED) is 0.348. The van der Waals surface area contributed by atoms with Gasteiger partial charge < -0.3 is 10.6 Å². The van der Waals surface area contributed by atoms with Crippen molar-refractivity contribution in [2.75, 3.05) is 11.4 Å². The summed E-state index contributed by atoms with van der Waals surface area (Å²) in [5.74, 6) is -0.810. The third-order valence-corrected chi connectivity index (χ3v) is 8.83. The van der Waals surface area contributed by atoms with Crippen LogP contribution in [0.5, 0.6) is 0 Å². The Balaban J connectivity index is 1.28. The third-order valence-electron chi connectivity index (χ3n) is 8.83. The van der Waals surface area contributed by atoms with Crippen molar-refractivity contribution < 1.29 is 18.9 Å². The van der Waals surface area contributed by atoms with E-state index >= 15 is 0 Å². The highest BCUT2D eigenvalue weighted by atomic mass is 19.1. The molecule has 1 unspecified atom stereocenters. The number of nitrogens with two attached hydrogens (primary N) is 1. The number of primary amides is 1. The Morgan fingerprint density at radius 2 is 1.70 bits per heavy atom. The lowest BCUT2D eigenvalue weighted by Crippen LogP contribution is -2.57. The fourth-order valence-corrected chi connectivity index (χ4v) is 7.00. The largest absolute Gasteiger partial charge is 0.368 e. The van der Waals surface area contributed by atoms with Crippen molar-refractivity contribution in [3.8, 4) is 0 Å². The topological polar surface area (TPSA) is 113 Å². The Morgan fingerprint density at radius 3 is 2.42 bits per heavy atom. The summed E-state index contributed by atoms with van der Waals surface area (Å²) in [6.45, 7) is 1.13. The average molecular weight is 546 g/mol. The van der Waals surface area contributed by atoms with E-state index in [0.717, 1.165) is 35.7 Å². The van der Waals surface area contributed by atoms with Crippen molar-refractivity contribution in [1.29, 1.82) is 0 Å². The van der Waals surface area contributed by atoms with Gasteiger partial charge in [0.25, 0.3) is 5.69 Å². The standard InChI is InChI=1S/C30H32FN5O4/c31-22-10-9-20-14-19(7-8-21(20)15-22)18-34-23-11-12-24(34)17-25(16-23)35(26-4-1-2-5-27(26)36(39)40)30(38)33-13-3-6-28(33)29(32)37/h1-2,4-5,7-10,14-15,23-25,28H,3,6,11-13,16-18H2,(H2,32,37)/t23-,24+,25?,28-/m0/s1. The number of carbonyl (C=O) groups excluding carboxylic acids is 2.